The van der Waals surface area contributed by atoms with Gasteiger partial charge in [0.2, 0.25) is 0 Å². The Morgan fingerprint density at radius 2 is 2.03 bits per heavy atom. The molecule has 0 bridgehead atoms. The molecule has 0 saturated heterocycles. The summed E-state index contributed by atoms with van der Waals surface area (Å²) in [5, 5.41) is 3.50. The topological polar surface area (TPSA) is 95.9 Å². The molecule has 0 fully saturated rings. The van der Waals surface area contributed by atoms with Gasteiger partial charge in [0.25, 0.3) is 5.72 Å². The second kappa shape index (κ2) is 9.38. The SMILES string of the molecule is CO[C@@]1(CC/C=C(/F)Cn2c(C)noc2=O)N=C(c2ccccc2)[C@@H](C(C)C)OC1=O. The molecule has 31 heavy (non-hydrogen) atoms. The van der Waals surface area contributed by atoms with Crippen molar-refractivity contribution >= 4 is 11.7 Å². The molecule has 9 heteroatoms. The molecule has 0 saturated carbocycles. The van der Waals surface area contributed by atoms with Gasteiger partial charge in [0.15, 0.2) is 5.82 Å². The molecule has 1 aromatic heterocycles. The quantitative estimate of drug-likeness (QED) is 0.596. The predicted octanol–water partition coefficient (Wildman–Crippen LogP) is 3.19. The van der Waals surface area contributed by atoms with Crippen LogP contribution in [0.25, 0.3) is 0 Å². The van der Waals surface area contributed by atoms with Crippen LogP contribution in [0.15, 0.2) is 56.5 Å². The standard InChI is InChI=1S/C22H26FN3O5/c1-14(2)19-18(16-9-6-5-7-10-16)24-22(29-4,20(27)30-19)12-8-11-17(23)13-26-15(3)25-31-21(26)28/h5-7,9-11,14,19H,8,12-13H2,1-4H3/b17-11+/t19-,22-/m1/s1. The number of ether oxygens (including phenoxy) is 2. The largest absolute Gasteiger partial charge is 0.452 e. The molecule has 0 spiro atoms. The van der Waals surface area contributed by atoms with Gasteiger partial charge >= 0.3 is 11.7 Å². The number of rotatable bonds is 8. The molecule has 2 aromatic rings. The third kappa shape index (κ3) is 4.82. The van der Waals surface area contributed by atoms with Crippen molar-refractivity contribution in [2.75, 3.05) is 7.11 Å². The van der Waals surface area contributed by atoms with Crippen LogP contribution in [0, 0.1) is 12.8 Å². The van der Waals surface area contributed by atoms with E-state index in [-0.39, 0.29) is 31.1 Å². The fourth-order valence-electron chi connectivity index (χ4n) is 3.40. The predicted molar refractivity (Wildman–Crippen MR) is 111 cm³/mol. The van der Waals surface area contributed by atoms with Crippen molar-refractivity contribution < 1.29 is 23.2 Å². The Balaban J connectivity index is 1.84. The van der Waals surface area contributed by atoms with Crippen molar-refractivity contribution in [2.45, 2.75) is 52.0 Å². The minimum Gasteiger partial charge on any atom is -0.452 e. The molecule has 1 aliphatic rings. The van der Waals surface area contributed by atoms with Crippen LogP contribution in [0.3, 0.4) is 0 Å². The molecular formula is C22H26FN3O5. The summed E-state index contributed by atoms with van der Waals surface area (Å²) in [7, 11) is 1.38. The molecule has 2 heterocycles. The molecule has 166 valence electrons. The van der Waals surface area contributed by atoms with E-state index in [0.29, 0.717) is 5.71 Å². The van der Waals surface area contributed by atoms with Crippen molar-refractivity contribution in [1.29, 1.82) is 0 Å². The van der Waals surface area contributed by atoms with Gasteiger partial charge in [0.05, 0.1) is 12.3 Å². The van der Waals surface area contributed by atoms with Crippen molar-refractivity contribution in [3.05, 3.63) is 64.2 Å². The second-order valence-corrected chi connectivity index (χ2v) is 7.69. The summed E-state index contributed by atoms with van der Waals surface area (Å²) in [4.78, 5) is 29.0. The molecule has 0 amide bonds. The van der Waals surface area contributed by atoms with Crippen molar-refractivity contribution in [2.24, 2.45) is 10.9 Å². The Kier molecular flexibility index (Phi) is 6.84. The highest BCUT2D eigenvalue weighted by molar-refractivity contribution is 6.08. The smallest absolute Gasteiger partial charge is 0.441 e. The fraction of sp³-hybridized carbons (Fsp3) is 0.455. The minimum absolute atomic E-state index is 0.0141. The van der Waals surface area contributed by atoms with Gasteiger partial charge in [0.1, 0.15) is 11.9 Å². The van der Waals surface area contributed by atoms with Crippen LogP contribution in [0.4, 0.5) is 4.39 Å². The van der Waals surface area contributed by atoms with Gasteiger partial charge in [-0.05, 0) is 24.8 Å². The van der Waals surface area contributed by atoms with Gasteiger partial charge in [-0.1, -0.05) is 55.4 Å². The van der Waals surface area contributed by atoms with Gasteiger partial charge in [0, 0.05) is 13.5 Å². The number of hydrogen-bond acceptors (Lipinski definition) is 7. The van der Waals surface area contributed by atoms with E-state index in [1.165, 1.54) is 13.2 Å². The molecule has 8 nitrogen and oxygen atoms in total. The molecule has 2 atom stereocenters. The number of methoxy groups -OCH3 is 1. The zero-order valence-electron chi connectivity index (χ0n) is 18.0. The normalized spacial score (nSPS) is 21.9. The third-order valence-corrected chi connectivity index (χ3v) is 5.16. The summed E-state index contributed by atoms with van der Waals surface area (Å²) in [6, 6.07) is 9.45. The van der Waals surface area contributed by atoms with E-state index in [2.05, 4.69) is 14.7 Å². The number of esters is 1. The average molecular weight is 431 g/mol. The summed E-state index contributed by atoms with van der Waals surface area (Å²) in [5.74, 6) is -1.61. The second-order valence-electron chi connectivity index (χ2n) is 7.69. The lowest BCUT2D eigenvalue weighted by molar-refractivity contribution is -0.176. The number of aliphatic imine (C=N–C) groups is 1. The Bertz CT molecular complexity index is 1040. The maximum atomic E-state index is 14.4. The first-order chi connectivity index (χ1) is 14.8. The van der Waals surface area contributed by atoms with E-state index in [4.69, 9.17) is 9.47 Å². The highest BCUT2D eigenvalue weighted by Crippen LogP contribution is 2.31. The lowest BCUT2D eigenvalue weighted by Gasteiger charge is -2.36. The van der Waals surface area contributed by atoms with Crippen LogP contribution >= 0.6 is 0 Å². The van der Waals surface area contributed by atoms with Crippen LogP contribution < -0.4 is 5.76 Å². The van der Waals surface area contributed by atoms with Crippen LogP contribution in [-0.2, 0) is 20.8 Å². The molecule has 0 N–H and O–H groups in total. The van der Waals surface area contributed by atoms with E-state index >= 15 is 0 Å². The molecule has 0 aliphatic carbocycles. The molecular weight excluding hydrogens is 405 g/mol. The van der Waals surface area contributed by atoms with Crippen molar-refractivity contribution in [3.63, 3.8) is 0 Å². The Labute approximate surface area is 179 Å². The van der Waals surface area contributed by atoms with Crippen LogP contribution in [0.2, 0.25) is 0 Å². The van der Waals surface area contributed by atoms with E-state index in [1.54, 1.807) is 6.92 Å². The third-order valence-electron chi connectivity index (χ3n) is 5.16. The molecule has 0 radical (unpaired) electrons. The van der Waals surface area contributed by atoms with Crippen LogP contribution in [0.1, 0.15) is 38.1 Å². The minimum atomic E-state index is -1.57. The molecule has 1 aliphatic heterocycles. The first-order valence-corrected chi connectivity index (χ1v) is 10.1. The van der Waals surface area contributed by atoms with Crippen molar-refractivity contribution in [1.82, 2.24) is 9.72 Å². The first-order valence-electron chi connectivity index (χ1n) is 10.1. The van der Waals surface area contributed by atoms with Gasteiger partial charge in [-0.3, -0.25) is 9.09 Å². The zero-order chi connectivity index (χ0) is 22.6. The first kappa shape index (κ1) is 22.6. The summed E-state index contributed by atoms with van der Waals surface area (Å²) in [6.45, 7) is 5.14. The van der Waals surface area contributed by atoms with E-state index in [9.17, 15) is 14.0 Å². The van der Waals surface area contributed by atoms with Gasteiger partial charge < -0.3 is 9.47 Å². The van der Waals surface area contributed by atoms with Gasteiger partial charge in [-0.25, -0.2) is 19.0 Å². The van der Waals surface area contributed by atoms with E-state index in [1.807, 2.05) is 44.2 Å². The summed E-state index contributed by atoms with van der Waals surface area (Å²) in [5.41, 5.74) is -0.121. The number of hydrogen-bond donors (Lipinski definition) is 0. The number of carbonyl (C=O) groups is 1. The Hall–Kier alpha value is -3.07. The fourth-order valence-corrected chi connectivity index (χ4v) is 3.40. The molecule has 1 aromatic carbocycles. The van der Waals surface area contributed by atoms with E-state index < -0.39 is 29.4 Å². The van der Waals surface area contributed by atoms with Crippen LogP contribution in [-0.4, -0.2) is 40.3 Å². The number of nitrogens with zero attached hydrogens (tertiary/aromatic N) is 3. The zero-order valence-corrected chi connectivity index (χ0v) is 18.0. The van der Waals surface area contributed by atoms with Gasteiger partial charge in [-0.2, -0.15) is 0 Å². The van der Waals surface area contributed by atoms with Crippen LogP contribution in [0.5, 0.6) is 0 Å². The highest BCUT2D eigenvalue weighted by Gasteiger charge is 2.47. The van der Waals surface area contributed by atoms with Gasteiger partial charge in [-0.15, -0.1) is 0 Å². The molecule has 0 unspecified atom stereocenters. The average Bonchev–Trinajstić information content (AvgIpc) is 3.07. The number of cyclic esters (lactones) is 1. The lowest BCUT2D eigenvalue weighted by atomic mass is 9.93. The maximum Gasteiger partial charge on any atom is 0.441 e. The summed E-state index contributed by atoms with van der Waals surface area (Å²) < 4.78 is 31.1. The lowest BCUT2D eigenvalue weighted by Crippen LogP contribution is -2.51. The summed E-state index contributed by atoms with van der Waals surface area (Å²) >= 11 is 0. The maximum absolute atomic E-state index is 14.4. The monoisotopic (exact) mass is 431 g/mol. The Morgan fingerprint density at radius 1 is 1.32 bits per heavy atom. The Morgan fingerprint density at radius 3 is 2.61 bits per heavy atom. The highest BCUT2D eigenvalue weighted by atomic mass is 19.1. The van der Waals surface area contributed by atoms with E-state index in [0.717, 1.165) is 10.1 Å². The van der Waals surface area contributed by atoms with Crippen molar-refractivity contribution in [3.8, 4) is 0 Å². The number of aromatic nitrogens is 2. The molecule has 3 rings (SSSR count). The number of aryl methyl sites for hydroxylation is 1. The number of carbonyl (C=O) groups excluding carboxylic acids is 1. The number of allylic oxidation sites excluding steroid dienone is 2. The number of benzene rings is 1. The number of halogens is 1. The summed E-state index contributed by atoms with van der Waals surface area (Å²) in [6.07, 6.45) is 1.01.